The fraction of sp³-hybridized carbons (Fsp3) is 0.167. The van der Waals surface area contributed by atoms with Gasteiger partial charge in [0.15, 0.2) is 6.61 Å². The fourth-order valence-corrected chi connectivity index (χ4v) is 2.87. The van der Waals surface area contributed by atoms with Crippen molar-refractivity contribution in [3.63, 3.8) is 0 Å². The van der Waals surface area contributed by atoms with E-state index in [0.29, 0.717) is 28.5 Å². The number of para-hydroxylation sites is 1. The molecule has 0 heterocycles. The summed E-state index contributed by atoms with van der Waals surface area (Å²) in [5.41, 5.74) is 3.00. The quantitative estimate of drug-likeness (QED) is 0.461. The minimum absolute atomic E-state index is 0.203. The Hall–Kier alpha value is -3.80. The zero-order valence-electron chi connectivity index (χ0n) is 17.1. The number of ether oxygens (including phenoxy) is 3. The molecule has 3 rings (SSSR count). The topological polar surface area (TPSA) is 73.9 Å². The summed E-state index contributed by atoms with van der Waals surface area (Å²) < 4.78 is 16.0. The number of aryl methyl sites for hydroxylation is 2. The van der Waals surface area contributed by atoms with Crippen molar-refractivity contribution in [2.45, 2.75) is 13.8 Å². The van der Waals surface area contributed by atoms with E-state index in [1.54, 1.807) is 55.6 Å². The summed E-state index contributed by atoms with van der Waals surface area (Å²) >= 11 is 0. The Labute approximate surface area is 175 Å². The van der Waals surface area contributed by atoms with Crippen LogP contribution in [0.1, 0.15) is 21.5 Å². The Kier molecular flexibility index (Phi) is 6.70. The summed E-state index contributed by atoms with van der Waals surface area (Å²) in [7, 11) is 1.58. The van der Waals surface area contributed by atoms with Gasteiger partial charge in [0.05, 0.1) is 7.11 Å². The van der Waals surface area contributed by atoms with Crippen molar-refractivity contribution in [1.29, 1.82) is 0 Å². The van der Waals surface area contributed by atoms with Gasteiger partial charge in [0.1, 0.15) is 17.2 Å². The van der Waals surface area contributed by atoms with Crippen LogP contribution in [0.5, 0.6) is 17.2 Å². The van der Waals surface area contributed by atoms with E-state index in [0.717, 1.165) is 11.1 Å². The standard InChI is InChI=1S/C24H23NO5/c1-16-5-4-6-17(2)23(16)29-15-22(26)30-21-11-7-18(8-12-21)24(27)25-19-9-13-20(28-3)14-10-19/h4-14H,15H2,1-3H3,(H,25,27). The number of anilines is 1. The zero-order valence-corrected chi connectivity index (χ0v) is 17.1. The molecule has 6 heteroatoms. The Morgan fingerprint density at radius 1 is 0.833 bits per heavy atom. The first-order valence-electron chi connectivity index (χ1n) is 9.41. The summed E-state index contributed by atoms with van der Waals surface area (Å²) in [6.45, 7) is 3.64. The summed E-state index contributed by atoms with van der Waals surface area (Å²) in [4.78, 5) is 24.4. The first-order chi connectivity index (χ1) is 14.5. The van der Waals surface area contributed by atoms with Crippen LogP contribution in [0.3, 0.4) is 0 Å². The van der Waals surface area contributed by atoms with Crippen LogP contribution in [0.15, 0.2) is 66.7 Å². The predicted octanol–water partition coefficient (Wildman–Crippen LogP) is 4.55. The van der Waals surface area contributed by atoms with Gasteiger partial charge in [-0.25, -0.2) is 4.79 Å². The molecule has 0 fully saturated rings. The van der Waals surface area contributed by atoms with Gasteiger partial charge in [-0.15, -0.1) is 0 Å². The molecule has 30 heavy (non-hydrogen) atoms. The minimum atomic E-state index is -0.520. The van der Waals surface area contributed by atoms with Gasteiger partial charge in [0.2, 0.25) is 0 Å². The van der Waals surface area contributed by atoms with Crippen molar-refractivity contribution in [3.8, 4) is 17.2 Å². The van der Waals surface area contributed by atoms with E-state index in [2.05, 4.69) is 5.32 Å². The van der Waals surface area contributed by atoms with Crippen molar-refractivity contribution in [2.24, 2.45) is 0 Å². The molecule has 6 nitrogen and oxygen atoms in total. The van der Waals surface area contributed by atoms with Crippen LogP contribution in [0, 0.1) is 13.8 Å². The van der Waals surface area contributed by atoms with Crippen molar-refractivity contribution in [3.05, 3.63) is 83.4 Å². The molecule has 0 atom stereocenters. The van der Waals surface area contributed by atoms with Crippen LogP contribution in [-0.2, 0) is 4.79 Å². The van der Waals surface area contributed by atoms with E-state index in [1.165, 1.54) is 0 Å². The molecule has 3 aromatic rings. The number of amides is 1. The first kappa shape index (κ1) is 20.9. The number of methoxy groups -OCH3 is 1. The summed E-state index contributed by atoms with van der Waals surface area (Å²) in [5, 5.41) is 2.80. The number of esters is 1. The van der Waals surface area contributed by atoms with E-state index in [-0.39, 0.29) is 12.5 Å². The van der Waals surface area contributed by atoms with E-state index in [9.17, 15) is 9.59 Å². The molecule has 0 radical (unpaired) electrons. The highest BCUT2D eigenvalue weighted by molar-refractivity contribution is 6.04. The second kappa shape index (κ2) is 9.60. The Balaban J connectivity index is 1.54. The molecule has 1 N–H and O–H groups in total. The van der Waals surface area contributed by atoms with Crippen molar-refractivity contribution < 1.29 is 23.8 Å². The van der Waals surface area contributed by atoms with Crippen LogP contribution < -0.4 is 19.5 Å². The molecule has 0 saturated heterocycles. The lowest BCUT2D eigenvalue weighted by atomic mass is 10.1. The Morgan fingerprint density at radius 3 is 2.03 bits per heavy atom. The monoisotopic (exact) mass is 405 g/mol. The third-order valence-corrected chi connectivity index (χ3v) is 4.44. The van der Waals surface area contributed by atoms with Gasteiger partial charge in [-0.3, -0.25) is 4.79 Å². The van der Waals surface area contributed by atoms with Crippen LogP contribution >= 0.6 is 0 Å². The van der Waals surface area contributed by atoms with E-state index in [1.807, 2.05) is 32.0 Å². The number of nitrogens with one attached hydrogen (secondary N) is 1. The predicted molar refractivity (Wildman–Crippen MR) is 114 cm³/mol. The van der Waals surface area contributed by atoms with Gasteiger partial charge in [-0.1, -0.05) is 18.2 Å². The number of rotatable bonds is 7. The van der Waals surface area contributed by atoms with Crippen LogP contribution in [-0.4, -0.2) is 25.6 Å². The van der Waals surface area contributed by atoms with Gasteiger partial charge in [0.25, 0.3) is 5.91 Å². The normalized spacial score (nSPS) is 10.2. The lowest BCUT2D eigenvalue weighted by Gasteiger charge is -2.11. The maximum Gasteiger partial charge on any atom is 0.349 e. The molecule has 1 amide bonds. The fourth-order valence-electron chi connectivity index (χ4n) is 2.87. The maximum absolute atomic E-state index is 12.4. The molecule has 0 spiro atoms. The Morgan fingerprint density at radius 2 is 1.43 bits per heavy atom. The summed E-state index contributed by atoms with van der Waals surface area (Å²) in [6, 6.07) is 19.1. The van der Waals surface area contributed by atoms with Crippen LogP contribution in [0.2, 0.25) is 0 Å². The highest BCUT2D eigenvalue weighted by atomic mass is 16.6. The summed E-state index contributed by atoms with van der Waals surface area (Å²) in [5.74, 6) is 0.941. The number of carbonyl (C=O) groups is 2. The molecule has 0 saturated carbocycles. The number of benzene rings is 3. The lowest BCUT2D eigenvalue weighted by Crippen LogP contribution is -2.18. The number of carbonyl (C=O) groups excluding carboxylic acids is 2. The van der Waals surface area contributed by atoms with Crippen molar-refractivity contribution >= 4 is 17.6 Å². The molecular weight excluding hydrogens is 382 g/mol. The highest BCUT2D eigenvalue weighted by Crippen LogP contribution is 2.22. The van der Waals surface area contributed by atoms with Gasteiger partial charge < -0.3 is 19.5 Å². The highest BCUT2D eigenvalue weighted by Gasteiger charge is 2.11. The molecule has 0 aliphatic heterocycles. The Bertz CT molecular complexity index is 1010. The van der Waals surface area contributed by atoms with Crippen molar-refractivity contribution in [2.75, 3.05) is 19.0 Å². The van der Waals surface area contributed by atoms with E-state index < -0.39 is 5.97 Å². The second-order valence-electron chi connectivity index (χ2n) is 6.69. The van der Waals surface area contributed by atoms with Crippen molar-refractivity contribution in [1.82, 2.24) is 0 Å². The molecule has 3 aromatic carbocycles. The van der Waals surface area contributed by atoms with Crippen LogP contribution in [0.4, 0.5) is 5.69 Å². The second-order valence-corrected chi connectivity index (χ2v) is 6.69. The number of hydrogen-bond donors (Lipinski definition) is 1. The lowest BCUT2D eigenvalue weighted by molar-refractivity contribution is -0.136. The minimum Gasteiger partial charge on any atom is -0.497 e. The third kappa shape index (κ3) is 5.38. The largest absolute Gasteiger partial charge is 0.497 e. The maximum atomic E-state index is 12.4. The first-order valence-corrected chi connectivity index (χ1v) is 9.41. The van der Waals surface area contributed by atoms with Gasteiger partial charge in [-0.2, -0.15) is 0 Å². The molecule has 0 aliphatic rings. The number of hydrogen-bond acceptors (Lipinski definition) is 5. The molecule has 0 aliphatic carbocycles. The molecular formula is C24H23NO5. The van der Waals surface area contributed by atoms with Gasteiger partial charge in [-0.05, 0) is 73.5 Å². The molecule has 0 aromatic heterocycles. The average Bonchev–Trinajstić information content (AvgIpc) is 2.74. The van der Waals surface area contributed by atoms with Gasteiger partial charge >= 0.3 is 5.97 Å². The third-order valence-electron chi connectivity index (χ3n) is 4.44. The van der Waals surface area contributed by atoms with Crippen LogP contribution in [0.25, 0.3) is 0 Å². The summed E-state index contributed by atoms with van der Waals surface area (Å²) in [6.07, 6.45) is 0. The van der Waals surface area contributed by atoms with E-state index >= 15 is 0 Å². The SMILES string of the molecule is COc1ccc(NC(=O)c2ccc(OC(=O)COc3c(C)cccc3C)cc2)cc1. The molecule has 0 bridgehead atoms. The molecule has 0 unspecified atom stereocenters. The smallest absolute Gasteiger partial charge is 0.349 e. The average molecular weight is 405 g/mol. The molecule has 154 valence electrons. The zero-order chi connectivity index (χ0) is 21.5. The van der Waals surface area contributed by atoms with E-state index in [4.69, 9.17) is 14.2 Å². The van der Waals surface area contributed by atoms with Gasteiger partial charge in [0, 0.05) is 11.3 Å².